The molecule has 2 aromatic rings. The van der Waals surface area contributed by atoms with Crippen LogP contribution in [0.15, 0.2) is 45.3 Å². The number of carbonyl (C=O) groups excluding carboxylic acids is 1. The predicted octanol–water partition coefficient (Wildman–Crippen LogP) is 4.65. The van der Waals surface area contributed by atoms with Gasteiger partial charge in [0.2, 0.25) is 0 Å². The molecule has 2 rings (SSSR count). The quantitative estimate of drug-likeness (QED) is 0.669. The Bertz CT molecular complexity index is 669. The molecular weight excluding hydrogens is 400 g/mol. The van der Waals surface area contributed by atoms with E-state index in [4.69, 9.17) is 9.47 Å². The van der Waals surface area contributed by atoms with Gasteiger partial charge in [-0.05, 0) is 51.8 Å². The van der Waals surface area contributed by atoms with Crippen LogP contribution in [-0.2, 0) is 6.42 Å². The molecule has 0 saturated carbocycles. The molecule has 5 heteroatoms. The van der Waals surface area contributed by atoms with Gasteiger partial charge in [0.15, 0.2) is 5.78 Å². The van der Waals surface area contributed by atoms with Gasteiger partial charge in [-0.3, -0.25) is 4.79 Å². The average molecular weight is 414 g/mol. The number of methoxy groups -OCH3 is 2. The minimum Gasteiger partial charge on any atom is -0.496 e. The summed E-state index contributed by atoms with van der Waals surface area (Å²) in [6, 6.07) is 11.0. The number of benzene rings is 2. The third kappa shape index (κ3) is 3.86. The van der Waals surface area contributed by atoms with Crippen LogP contribution in [-0.4, -0.2) is 20.0 Å². The number of rotatable bonds is 5. The maximum atomic E-state index is 12.4. The molecule has 0 aliphatic heterocycles. The summed E-state index contributed by atoms with van der Waals surface area (Å²) >= 11 is 6.79. The summed E-state index contributed by atoms with van der Waals surface area (Å²) in [6.45, 7) is 0. The number of hydrogen-bond acceptors (Lipinski definition) is 3. The fraction of sp³-hybridized carbons (Fsp3) is 0.188. The van der Waals surface area contributed by atoms with Crippen LogP contribution in [0, 0.1) is 0 Å². The summed E-state index contributed by atoms with van der Waals surface area (Å²) in [6.07, 6.45) is 0.306. The third-order valence-electron chi connectivity index (χ3n) is 3.04. The highest BCUT2D eigenvalue weighted by Gasteiger charge is 2.14. The second-order valence-electron chi connectivity index (χ2n) is 4.41. The second-order valence-corrected chi connectivity index (χ2v) is 6.18. The topological polar surface area (TPSA) is 35.5 Å². The maximum Gasteiger partial charge on any atom is 0.170 e. The van der Waals surface area contributed by atoms with Crippen LogP contribution < -0.4 is 9.47 Å². The first kappa shape index (κ1) is 16.0. The lowest BCUT2D eigenvalue weighted by Crippen LogP contribution is -2.06. The molecule has 0 unspecified atom stereocenters. The van der Waals surface area contributed by atoms with E-state index in [0.717, 1.165) is 20.3 Å². The van der Waals surface area contributed by atoms with Gasteiger partial charge in [0.1, 0.15) is 11.5 Å². The highest BCUT2D eigenvalue weighted by molar-refractivity contribution is 9.10. The van der Waals surface area contributed by atoms with E-state index < -0.39 is 0 Å². The zero-order valence-corrected chi connectivity index (χ0v) is 14.8. The van der Waals surface area contributed by atoms with E-state index in [0.29, 0.717) is 17.7 Å². The number of Topliss-reactive ketones (excluding diaryl/α,β-unsaturated/α-hetero) is 1. The van der Waals surface area contributed by atoms with Gasteiger partial charge in [0, 0.05) is 10.9 Å². The zero-order chi connectivity index (χ0) is 15.4. The molecule has 2 aromatic carbocycles. The van der Waals surface area contributed by atoms with Crippen molar-refractivity contribution in [3.8, 4) is 11.5 Å². The minimum atomic E-state index is 0.0106. The van der Waals surface area contributed by atoms with Crippen molar-refractivity contribution in [2.45, 2.75) is 6.42 Å². The van der Waals surface area contributed by atoms with Gasteiger partial charge in [0.05, 0.1) is 24.3 Å². The molecule has 0 aliphatic carbocycles. The number of ketones is 1. The second kappa shape index (κ2) is 7.09. The lowest BCUT2D eigenvalue weighted by molar-refractivity contribution is 0.0990. The van der Waals surface area contributed by atoms with Crippen molar-refractivity contribution in [3.63, 3.8) is 0 Å². The highest BCUT2D eigenvalue weighted by Crippen LogP contribution is 2.28. The number of carbonyl (C=O) groups is 1. The van der Waals surface area contributed by atoms with Crippen LogP contribution in [0.2, 0.25) is 0 Å². The van der Waals surface area contributed by atoms with Crippen molar-refractivity contribution in [3.05, 3.63) is 56.5 Å². The van der Waals surface area contributed by atoms with Crippen molar-refractivity contribution < 1.29 is 14.3 Å². The van der Waals surface area contributed by atoms with Crippen LogP contribution >= 0.6 is 31.9 Å². The first-order valence-corrected chi connectivity index (χ1v) is 7.83. The van der Waals surface area contributed by atoms with Crippen LogP contribution in [0.5, 0.6) is 11.5 Å². The Labute approximate surface area is 140 Å². The van der Waals surface area contributed by atoms with Gasteiger partial charge < -0.3 is 9.47 Å². The first-order chi connectivity index (χ1) is 10.0. The fourth-order valence-electron chi connectivity index (χ4n) is 2.00. The van der Waals surface area contributed by atoms with Gasteiger partial charge in [-0.25, -0.2) is 0 Å². The molecule has 0 spiro atoms. The van der Waals surface area contributed by atoms with E-state index in [1.165, 1.54) is 0 Å². The zero-order valence-electron chi connectivity index (χ0n) is 11.7. The SMILES string of the molecule is COc1ccc(CC(=O)c2ccc(Br)cc2OC)cc1Br. The molecule has 0 aromatic heterocycles. The van der Waals surface area contributed by atoms with E-state index >= 15 is 0 Å². The Kier molecular flexibility index (Phi) is 5.42. The van der Waals surface area contributed by atoms with E-state index in [9.17, 15) is 4.79 Å². The fourth-order valence-corrected chi connectivity index (χ4v) is 2.92. The molecule has 0 bridgehead atoms. The molecular formula is C16H14Br2O3. The highest BCUT2D eigenvalue weighted by atomic mass is 79.9. The van der Waals surface area contributed by atoms with Crippen LogP contribution in [0.1, 0.15) is 15.9 Å². The summed E-state index contributed by atoms with van der Waals surface area (Å²) < 4.78 is 12.2. The van der Waals surface area contributed by atoms with E-state index in [1.54, 1.807) is 26.4 Å². The summed E-state index contributed by atoms with van der Waals surface area (Å²) in [4.78, 5) is 12.4. The molecule has 0 radical (unpaired) electrons. The van der Waals surface area contributed by atoms with Gasteiger partial charge in [-0.2, -0.15) is 0 Å². The van der Waals surface area contributed by atoms with Crippen molar-refractivity contribution in [1.82, 2.24) is 0 Å². The standard InChI is InChI=1S/C16H14Br2O3/c1-20-15-6-3-10(7-13(15)18)8-14(19)12-5-4-11(17)9-16(12)21-2/h3-7,9H,8H2,1-2H3. The Hall–Kier alpha value is -1.33. The molecule has 0 N–H and O–H groups in total. The van der Waals surface area contributed by atoms with Gasteiger partial charge in [0.25, 0.3) is 0 Å². The molecule has 0 amide bonds. The molecule has 21 heavy (non-hydrogen) atoms. The third-order valence-corrected chi connectivity index (χ3v) is 4.16. The lowest BCUT2D eigenvalue weighted by atomic mass is 10.0. The summed E-state index contributed by atoms with van der Waals surface area (Å²) in [5.74, 6) is 1.32. The average Bonchev–Trinajstić information content (AvgIpc) is 2.47. The van der Waals surface area contributed by atoms with Crippen LogP contribution in [0.3, 0.4) is 0 Å². The molecule has 110 valence electrons. The molecule has 0 fully saturated rings. The van der Waals surface area contributed by atoms with E-state index in [-0.39, 0.29) is 5.78 Å². The van der Waals surface area contributed by atoms with Crippen molar-refractivity contribution in [2.75, 3.05) is 14.2 Å². The van der Waals surface area contributed by atoms with Crippen molar-refractivity contribution >= 4 is 37.6 Å². The van der Waals surface area contributed by atoms with Gasteiger partial charge in [-0.1, -0.05) is 22.0 Å². The Balaban J connectivity index is 2.24. The van der Waals surface area contributed by atoms with Crippen LogP contribution in [0.25, 0.3) is 0 Å². The number of halogens is 2. The van der Waals surface area contributed by atoms with E-state index in [2.05, 4.69) is 31.9 Å². The molecule has 0 heterocycles. The summed E-state index contributed by atoms with van der Waals surface area (Å²) in [5, 5.41) is 0. The molecule has 0 atom stereocenters. The van der Waals surface area contributed by atoms with E-state index in [1.807, 2.05) is 24.3 Å². The number of hydrogen-bond donors (Lipinski definition) is 0. The largest absolute Gasteiger partial charge is 0.496 e. The minimum absolute atomic E-state index is 0.0106. The Morgan fingerprint density at radius 1 is 1.00 bits per heavy atom. The number of ether oxygens (including phenoxy) is 2. The van der Waals surface area contributed by atoms with Gasteiger partial charge in [-0.15, -0.1) is 0 Å². The molecule has 0 aliphatic rings. The lowest BCUT2D eigenvalue weighted by Gasteiger charge is -2.09. The van der Waals surface area contributed by atoms with Crippen molar-refractivity contribution in [1.29, 1.82) is 0 Å². The normalized spacial score (nSPS) is 10.3. The van der Waals surface area contributed by atoms with Crippen molar-refractivity contribution in [2.24, 2.45) is 0 Å². The van der Waals surface area contributed by atoms with Crippen LogP contribution in [0.4, 0.5) is 0 Å². The predicted molar refractivity (Wildman–Crippen MR) is 89.4 cm³/mol. The first-order valence-electron chi connectivity index (χ1n) is 6.24. The van der Waals surface area contributed by atoms with Gasteiger partial charge >= 0.3 is 0 Å². The molecule has 0 saturated heterocycles. The maximum absolute atomic E-state index is 12.4. The Morgan fingerprint density at radius 2 is 1.71 bits per heavy atom. The smallest absolute Gasteiger partial charge is 0.170 e. The monoisotopic (exact) mass is 412 g/mol. The Morgan fingerprint density at radius 3 is 2.33 bits per heavy atom. The summed E-state index contributed by atoms with van der Waals surface area (Å²) in [7, 11) is 3.17. The summed E-state index contributed by atoms with van der Waals surface area (Å²) in [5.41, 5.74) is 1.49. The molecule has 3 nitrogen and oxygen atoms in total.